The Hall–Kier alpha value is -0.680. The highest BCUT2D eigenvalue weighted by Gasteiger charge is 2.03. The largest absolute Gasteiger partial charge is 0.392 e. The quantitative estimate of drug-likeness (QED) is 0.879. The molecule has 1 aromatic carbocycles. The second-order valence-electron chi connectivity index (χ2n) is 4.26. The first-order chi connectivity index (χ1) is 8.65. The maximum atomic E-state index is 9.18. The van der Waals surface area contributed by atoms with Crippen molar-refractivity contribution in [3.63, 3.8) is 0 Å². The van der Waals surface area contributed by atoms with Crippen molar-refractivity contribution in [2.45, 2.75) is 19.6 Å². The smallest absolute Gasteiger partial charge is 0.0636 e. The third-order valence-corrected chi connectivity index (χ3v) is 4.14. The van der Waals surface area contributed by atoms with Gasteiger partial charge in [-0.1, -0.05) is 28.1 Å². The third-order valence-electron chi connectivity index (χ3n) is 2.51. The fraction of sp³-hybridized carbons (Fsp3) is 0.286. The number of aliphatic hydroxyl groups is 1. The van der Waals surface area contributed by atoms with Gasteiger partial charge in [0.05, 0.1) is 6.10 Å². The average molecular weight is 326 g/mol. The van der Waals surface area contributed by atoms with Crippen molar-refractivity contribution < 1.29 is 5.11 Å². The highest BCUT2D eigenvalue weighted by molar-refractivity contribution is 9.10. The van der Waals surface area contributed by atoms with Gasteiger partial charge in [0.15, 0.2) is 0 Å². The zero-order chi connectivity index (χ0) is 13.0. The number of nitrogens with one attached hydrogen (secondary N) is 1. The van der Waals surface area contributed by atoms with Gasteiger partial charge in [0.1, 0.15) is 0 Å². The summed E-state index contributed by atoms with van der Waals surface area (Å²) in [7, 11) is 0. The predicted molar refractivity (Wildman–Crippen MR) is 80.8 cm³/mol. The maximum Gasteiger partial charge on any atom is 0.0636 e. The van der Waals surface area contributed by atoms with Crippen LogP contribution >= 0.6 is 27.3 Å². The molecule has 0 saturated carbocycles. The average Bonchev–Trinajstić information content (AvgIpc) is 2.77. The first-order valence-corrected chi connectivity index (χ1v) is 7.49. The van der Waals surface area contributed by atoms with E-state index in [-0.39, 0.29) is 6.10 Å². The van der Waals surface area contributed by atoms with Crippen LogP contribution in [0.25, 0.3) is 10.4 Å². The molecule has 0 fully saturated rings. The molecule has 0 amide bonds. The van der Waals surface area contributed by atoms with Crippen molar-refractivity contribution in [3.8, 4) is 10.4 Å². The fourth-order valence-corrected chi connectivity index (χ4v) is 3.05. The molecule has 1 heterocycles. The Bertz CT molecular complexity index is 510. The molecule has 96 valence electrons. The summed E-state index contributed by atoms with van der Waals surface area (Å²) in [6.07, 6.45) is -0.297. The lowest BCUT2D eigenvalue weighted by atomic mass is 10.2. The normalized spacial score (nSPS) is 12.6. The first kappa shape index (κ1) is 13.7. The summed E-state index contributed by atoms with van der Waals surface area (Å²) in [5.74, 6) is 0. The van der Waals surface area contributed by atoms with E-state index < -0.39 is 0 Å². The van der Waals surface area contributed by atoms with Crippen LogP contribution in [0.4, 0.5) is 0 Å². The van der Waals surface area contributed by atoms with Gasteiger partial charge in [-0.2, -0.15) is 0 Å². The summed E-state index contributed by atoms with van der Waals surface area (Å²) in [5.41, 5.74) is 1.23. The fourth-order valence-electron chi connectivity index (χ4n) is 1.67. The van der Waals surface area contributed by atoms with E-state index in [0.717, 1.165) is 11.0 Å². The van der Waals surface area contributed by atoms with Crippen molar-refractivity contribution in [2.75, 3.05) is 6.54 Å². The lowest BCUT2D eigenvalue weighted by Crippen LogP contribution is -2.23. The van der Waals surface area contributed by atoms with Gasteiger partial charge in [0.25, 0.3) is 0 Å². The monoisotopic (exact) mass is 325 g/mol. The van der Waals surface area contributed by atoms with Crippen LogP contribution in [-0.2, 0) is 6.54 Å². The van der Waals surface area contributed by atoms with E-state index in [0.29, 0.717) is 6.54 Å². The van der Waals surface area contributed by atoms with E-state index in [9.17, 15) is 5.11 Å². The summed E-state index contributed by atoms with van der Waals surface area (Å²) in [4.78, 5) is 2.55. The van der Waals surface area contributed by atoms with Gasteiger partial charge in [0, 0.05) is 27.3 Å². The van der Waals surface area contributed by atoms with Crippen LogP contribution in [0.2, 0.25) is 0 Å². The van der Waals surface area contributed by atoms with Gasteiger partial charge in [-0.15, -0.1) is 11.3 Å². The maximum absolute atomic E-state index is 9.18. The number of hydrogen-bond donors (Lipinski definition) is 2. The van der Waals surface area contributed by atoms with Crippen molar-refractivity contribution in [2.24, 2.45) is 0 Å². The molecular weight excluding hydrogens is 310 g/mol. The van der Waals surface area contributed by atoms with E-state index >= 15 is 0 Å². The number of hydrogen-bond acceptors (Lipinski definition) is 3. The van der Waals surface area contributed by atoms with Crippen LogP contribution in [0, 0.1) is 0 Å². The number of thiophene rings is 1. The molecule has 4 heteroatoms. The molecule has 1 unspecified atom stereocenters. The summed E-state index contributed by atoms with van der Waals surface area (Å²) in [6.45, 7) is 3.22. The second kappa shape index (κ2) is 6.48. The van der Waals surface area contributed by atoms with Crippen molar-refractivity contribution in [1.29, 1.82) is 0 Å². The van der Waals surface area contributed by atoms with Crippen molar-refractivity contribution in [3.05, 3.63) is 45.7 Å². The van der Waals surface area contributed by atoms with Gasteiger partial charge in [-0.05, 0) is 36.8 Å². The van der Waals surface area contributed by atoms with E-state index in [1.54, 1.807) is 18.3 Å². The Morgan fingerprint density at radius 2 is 2.17 bits per heavy atom. The van der Waals surface area contributed by atoms with E-state index in [4.69, 9.17) is 0 Å². The topological polar surface area (TPSA) is 32.3 Å². The Kier molecular flexibility index (Phi) is 4.95. The minimum absolute atomic E-state index is 0.297. The molecule has 0 radical (unpaired) electrons. The van der Waals surface area contributed by atoms with Crippen LogP contribution in [0.1, 0.15) is 11.8 Å². The second-order valence-corrected chi connectivity index (χ2v) is 6.34. The first-order valence-electron chi connectivity index (χ1n) is 5.88. The van der Waals surface area contributed by atoms with Crippen LogP contribution in [0.5, 0.6) is 0 Å². The van der Waals surface area contributed by atoms with Crippen molar-refractivity contribution in [1.82, 2.24) is 5.32 Å². The molecule has 0 bridgehead atoms. The predicted octanol–water partition coefficient (Wildman–Crippen LogP) is 3.65. The third kappa shape index (κ3) is 3.92. The molecule has 2 nitrogen and oxygen atoms in total. The van der Waals surface area contributed by atoms with Crippen LogP contribution in [0.3, 0.4) is 0 Å². The molecule has 1 aromatic heterocycles. The molecule has 0 aliphatic carbocycles. The van der Waals surface area contributed by atoms with Crippen LogP contribution in [-0.4, -0.2) is 17.8 Å². The number of benzene rings is 1. The molecule has 0 aliphatic rings. The standard InChI is InChI=1S/C14H16BrNOS/c1-10(17)8-16-9-13-5-6-14(18-13)11-3-2-4-12(15)7-11/h2-7,10,16-17H,8-9H2,1H3. The Morgan fingerprint density at radius 1 is 1.33 bits per heavy atom. The molecule has 0 saturated heterocycles. The minimum Gasteiger partial charge on any atom is -0.392 e. The Morgan fingerprint density at radius 3 is 2.89 bits per heavy atom. The summed E-state index contributed by atoms with van der Waals surface area (Å²) in [5, 5.41) is 12.4. The summed E-state index contributed by atoms with van der Waals surface area (Å²) >= 11 is 5.27. The lowest BCUT2D eigenvalue weighted by Gasteiger charge is -2.04. The molecule has 0 aliphatic heterocycles. The molecule has 2 aromatic rings. The Labute approximate surface area is 120 Å². The van der Waals surface area contributed by atoms with Gasteiger partial charge in [-0.25, -0.2) is 0 Å². The van der Waals surface area contributed by atoms with E-state index in [1.807, 2.05) is 12.1 Å². The van der Waals surface area contributed by atoms with E-state index in [1.165, 1.54) is 15.3 Å². The SMILES string of the molecule is CC(O)CNCc1ccc(-c2cccc(Br)c2)s1. The number of halogens is 1. The number of aliphatic hydroxyl groups excluding tert-OH is 1. The van der Waals surface area contributed by atoms with Gasteiger partial charge in [-0.3, -0.25) is 0 Å². The summed E-state index contributed by atoms with van der Waals surface area (Å²) in [6, 6.07) is 12.6. The lowest BCUT2D eigenvalue weighted by molar-refractivity contribution is 0.191. The zero-order valence-corrected chi connectivity index (χ0v) is 12.6. The molecule has 18 heavy (non-hydrogen) atoms. The van der Waals surface area contributed by atoms with E-state index in [2.05, 4.69) is 45.5 Å². The van der Waals surface area contributed by atoms with Gasteiger partial charge >= 0.3 is 0 Å². The van der Waals surface area contributed by atoms with Crippen LogP contribution in [0.15, 0.2) is 40.9 Å². The van der Waals surface area contributed by atoms with Gasteiger partial charge in [0.2, 0.25) is 0 Å². The molecule has 2 rings (SSSR count). The molecular formula is C14H16BrNOS. The minimum atomic E-state index is -0.297. The number of rotatable bonds is 5. The zero-order valence-electron chi connectivity index (χ0n) is 10.2. The highest BCUT2D eigenvalue weighted by atomic mass is 79.9. The Balaban J connectivity index is 2.02. The molecule has 1 atom stereocenters. The highest BCUT2D eigenvalue weighted by Crippen LogP contribution is 2.29. The van der Waals surface area contributed by atoms with Crippen LogP contribution < -0.4 is 5.32 Å². The van der Waals surface area contributed by atoms with Crippen molar-refractivity contribution >= 4 is 27.3 Å². The van der Waals surface area contributed by atoms with Gasteiger partial charge < -0.3 is 10.4 Å². The summed E-state index contributed by atoms with van der Waals surface area (Å²) < 4.78 is 1.10. The molecule has 0 spiro atoms. The molecule has 2 N–H and O–H groups in total.